The van der Waals surface area contributed by atoms with Gasteiger partial charge in [0.25, 0.3) is 0 Å². The molecule has 8 aromatic rings. The summed E-state index contributed by atoms with van der Waals surface area (Å²) >= 11 is 0. The average molecular weight is 595 g/mol. The number of ether oxygens (including phenoxy) is 2. The molecule has 0 spiro atoms. The SMILES string of the molecule is O=C(Oc1c(Cc2ccccc2)ccc2cc3ccccc3cc12)Oc1c(Cc2ccccc2)ccc2cc3ccccc3cc12. The summed E-state index contributed by atoms with van der Waals surface area (Å²) in [4.78, 5) is 14.0. The van der Waals surface area contributed by atoms with Gasteiger partial charge in [-0.3, -0.25) is 0 Å². The van der Waals surface area contributed by atoms with Crippen molar-refractivity contribution < 1.29 is 14.3 Å². The molecule has 46 heavy (non-hydrogen) atoms. The van der Waals surface area contributed by atoms with Crippen LogP contribution in [0.4, 0.5) is 4.79 Å². The number of fused-ring (bicyclic) bond motifs is 4. The first-order valence-corrected chi connectivity index (χ1v) is 15.5. The average Bonchev–Trinajstić information content (AvgIpc) is 3.09. The molecule has 0 saturated heterocycles. The van der Waals surface area contributed by atoms with E-state index in [1.165, 1.54) is 0 Å². The van der Waals surface area contributed by atoms with Crippen LogP contribution in [-0.2, 0) is 12.8 Å². The molecule has 0 aromatic heterocycles. The first kappa shape index (κ1) is 27.6. The van der Waals surface area contributed by atoms with Crippen LogP contribution in [0.15, 0.2) is 158 Å². The maximum Gasteiger partial charge on any atom is 0.519 e. The third-order valence-corrected chi connectivity index (χ3v) is 8.68. The smallest absolute Gasteiger partial charge is 0.394 e. The molecule has 0 heterocycles. The fraction of sp³-hybridized carbons (Fsp3) is 0.0465. The molecule has 3 nitrogen and oxygen atoms in total. The van der Waals surface area contributed by atoms with Gasteiger partial charge in [0.05, 0.1) is 0 Å². The molecule has 8 rings (SSSR count). The van der Waals surface area contributed by atoms with E-state index in [0.717, 1.165) is 65.3 Å². The highest BCUT2D eigenvalue weighted by molar-refractivity contribution is 6.03. The van der Waals surface area contributed by atoms with Crippen molar-refractivity contribution in [3.63, 3.8) is 0 Å². The van der Waals surface area contributed by atoms with Crippen LogP contribution < -0.4 is 9.47 Å². The van der Waals surface area contributed by atoms with E-state index in [-0.39, 0.29) is 0 Å². The van der Waals surface area contributed by atoms with Crippen molar-refractivity contribution in [2.24, 2.45) is 0 Å². The standard InChI is InChI=1S/C43H30O3/c44-43(45-41-37(23-29-11-3-1-4-12-29)21-19-35-25-31-15-7-9-17-33(31)27-39(35)41)46-42-38(24-30-13-5-2-6-14-30)22-20-36-26-32-16-8-10-18-34(32)28-40(36)42/h1-22,25-28H,23-24H2. The van der Waals surface area contributed by atoms with E-state index < -0.39 is 6.16 Å². The van der Waals surface area contributed by atoms with Gasteiger partial charge in [0, 0.05) is 34.7 Å². The molecule has 0 aliphatic carbocycles. The van der Waals surface area contributed by atoms with Crippen molar-refractivity contribution in [2.45, 2.75) is 12.8 Å². The number of carbonyl (C=O) groups excluding carboxylic acids is 1. The maximum absolute atomic E-state index is 14.0. The summed E-state index contributed by atoms with van der Waals surface area (Å²) in [6.07, 6.45) is 0.474. The summed E-state index contributed by atoms with van der Waals surface area (Å²) in [5.74, 6) is 1.04. The van der Waals surface area contributed by atoms with Gasteiger partial charge in [0.1, 0.15) is 11.5 Å². The second-order valence-electron chi connectivity index (χ2n) is 11.7. The molecule has 0 aliphatic rings. The zero-order valence-electron chi connectivity index (χ0n) is 25.2. The van der Waals surface area contributed by atoms with Crippen LogP contribution in [0.2, 0.25) is 0 Å². The van der Waals surface area contributed by atoms with E-state index in [1.807, 2.05) is 60.7 Å². The summed E-state index contributed by atoms with van der Waals surface area (Å²) in [5, 5.41) is 8.17. The lowest BCUT2D eigenvalue weighted by molar-refractivity contribution is 0.152. The highest BCUT2D eigenvalue weighted by atomic mass is 16.7. The predicted molar refractivity (Wildman–Crippen MR) is 188 cm³/mol. The molecule has 3 heteroatoms. The zero-order chi connectivity index (χ0) is 30.9. The molecular weight excluding hydrogens is 564 g/mol. The molecule has 0 aliphatic heterocycles. The van der Waals surface area contributed by atoms with Crippen molar-refractivity contribution in [1.82, 2.24) is 0 Å². The lowest BCUT2D eigenvalue weighted by Crippen LogP contribution is -2.16. The second kappa shape index (κ2) is 11.9. The molecule has 0 bridgehead atoms. The van der Waals surface area contributed by atoms with Crippen LogP contribution in [0.1, 0.15) is 22.3 Å². The normalized spacial score (nSPS) is 11.3. The third kappa shape index (κ3) is 5.44. The fourth-order valence-electron chi connectivity index (χ4n) is 6.40. The minimum atomic E-state index is -0.759. The minimum Gasteiger partial charge on any atom is -0.394 e. The molecule has 0 unspecified atom stereocenters. The molecule has 8 aromatic carbocycles. The number of benzene rings is 8. The Morgan fingerprint density at radius 3 is 1.17 bits per heavy atom. The Kier molecular flexibility index (Phi) is 7.12. The van der Waals surface area contributed by atoms with E-state index in [0.29, 0.717) is 24.3 Å². The van der Waals surface area contributed by atoms with E-state index in [1.54, 1.807) is 0 Å². The number of hydrogen-bond acceptors (Lipinski definition) is 3. The van der Waals surface area contributed by atoms with Gasteiger partial charge in [-0.05, 0) is 67.7 Å². The monoisotopic (exact) mass is 594 g/mol. The summed E-state index contributed by atoms with van der Waals surface area (Å²) < 4.78 is 12.5. The number of carbonyl (C=O) groups is 1. The lowest BCUT2D eigenvalue weighted by Gasteiger charge is -2.17. The third-order valence-electron chi connectivity index (χ3n) is 8.68. The Morgan fingerprint density at radius 1 is 0.391 bits per heavy atom. The largest absolute Gasteiger partial charge is 0.519 e. The van der Waals surface area contributed by atoms with Crippen LogP contribution in [0.3, 0.4) is 0 Å². The molecule has 0 saturated carbocycles. The van der Waals surface area contributed by atoms with Crippen LogP contribution in [0.5, 0.6) is 11.5 Å². The molecule has 220 valence electrons. The summed E-state index contributed by atoms with van der Waals surface area (Å²) in [5.41, 5.74) is 4.09. The van der Waals surface area contributed by atoms with E-state index in [9.17, 15) is 4.79 Å². The summed E-state index contributed by atoms with van der Waals surface area (Å²) in [6, 6.07) is 53.7. The Labute approximate surface area is 267 Å². The Hall–Kier alpha value is -5.93. The van der Waals surface area contributed by atoms with Crippen molar-refractivity contribution in [3.8, 4) is 11.5 Å². The highest BCUT2D eigenvalue weighted by Crippen LogP contribution is 2.37. The van der Waals surface area contributed by atoms with Crippen LogP contribution in [0.25, 0.3) is 43.1 Å². The van der Waals surface area contributed by atoms with Crippen molar-refractivity contribution in [2.75, 3.05) is 0 Å². The van der Waals surface area contributed by atoms with Gasteiger partial charge < -0.3 is 9.47 Å². The van der Waals surface area contributed by atoms with Gasteiger partial charge in [-0.15, -0.1) is 0 Å². The molecular formula is C43H30O3. The fourth-order valence-corrected chi connectivity index (χ4v) is 6.40. The van der Waals surface area contributed by atoms with E-state index in [2.05, 4.69) is 97.1 Å². The van der Waals surface area contributed by atoms with Gasteiger partial charge >= 0.3 is 6.16 Å². The first-order chi connectivity index (χ1) is 22.7. The van der Waals surface area contributed by atoms with Gasteiger partial charge in [-0.1, -0.05) is 133 Å². The Balaban J connectivity index is 1.23. The molecule has 0 fully saturated rings. The van der Waals surface area contributed by atoms with Crippen molar-refractivity contribution in [1.29, 1.82) is 0 Å². The van der Waals surface area contributed by atoms with E-state index >= 15 is 0 Å². The molecule has 0 amide bonds. The first-order valence-electron chi connectivity index (χ1n) is 15.5. The van der Waals surface area contributed by atoms with Crippen LogP contribution >= 0.6 is 0 Å². The van der Waals surface area contributed by atoms with Gasteiger partial charge in [-0.2, -0.15) is 0 Å². The summed E-state index contributed by atoms with van der Waals surface area (Å²) in [7, 11) is 0. The quantitative estimate of drug-likeness (QED) is 0.109. The Morgan fingerprint density at radius 2 is 0.761 bits per heavy atom. The minimum absolute atomic E-state index is 0.521. The zero-order valence-corrected chi connectivity index (χ0v) is 25.2. The predicted octanol–water partition coefficient (Wildman–Crippen LogP) is 11.1. The molecule has 0 radical (unpaired) electrons. The number of hydrogen-bond donors (Lipinski definition) is 0. The lowest BCUT2D eigenvalue weighted by atomic mass is 9.97. The maximum atomic E-state index is 14.0. The topological polar surface area (TPSA) is 35.5 Å². The van der Waals surface area contributed by atoms with Gasteiger partial charge in [-0.25, -0.2) is 4.79 Å². The van der Waals surface area contributed by atoms with Crippen LogP contribution in [-0.4, -0.2) is 6.16 Å². The van der Waals surface area contributed by atoms with E-state index in [4.69, 9.17) is 9.47 Å². The van der Waals surface area contributed by atoms with Gasteiger partial charge in [0.15, 0.2) is 0 Å². The summed E-state index contributed by atoms with van der Waals surface area (Å²) in [6.45, 7) is 0. The molecule has 0 N–H and O–H groups in total. The van der Waals surface area contributed by atoms with Crippen LogP contribution in [0, 0.1) is 0 Å². The van der Waals surface area contributed by atoms with Crippen molar-refractivity contribution in [3.05, 3.63) is 180 Å². The van der Waals surface area contributed by atoms with Gasteiger partial charge in [0.2, 0.25) is 0 Å². The Bertz CT molecular complexity index is 2210. The second-order valence-corrected chi connectivity index (χ2v) is 11.7. The van der Waals surface area contributed by atoms with Crippen molar-refractivity contribution >= 4 is 49.2 Å². The highest BCUT2D eigenvalue weighted by Gasteiger charge is 2.20. The molecule has 0 atom stereocenters. The number of rotatable bonds is 6.